The molecule has 0 amide bonds. The van der Waals surface area contributed by atoms with E-state index in [4.69, 9.17) is 9.47 Å². The van der Waals surface area contributed by atoms with E-state index >= 15 is 0 Å². The molecule has 2 unspecified atom stereocenters. The first-order valence-electron chi connectivity index (χ1n) is 5.74. The van der Waals surface area contributed by atoms with Crippen molar-refractivity contribution < 1.29 is 19.1 Å². The van der Waals surface area contributed by atoms with Crippen LogP contribution in [0.15, 0.2) is 23.3 Å². The molecule has 1 saturated carbocycles. The number of allylic oxidation sites excluding steroid dienone is 2. The van der Waals surface area contributed by atoms with Crippen LogP contribution in [0.5, 0.6) is 0 Å². The fourth-order valence-electron chi connectivity index (χ4n) is 3.36. The fourth-order valence-corrected chi connectivity index (χ4v) is 3.36. The van der Waals surface area contributed by atoms with Crippen LogP contribution in [0.25, 0.3) is 0 Å². The van der Waals surface area contributed by atoms with Crippen molar-refractivity contribution in [2.45, 2.75) is 12.8 Å². The van der Waals surface area contributed by atoms with Gasteiger partial charge >= 0.3 is 11.9 Å². The number of rotatable bonds is 2. The van der Waals surface area contributed by atoms with E-state index < -0.39 is 11.9 Å². The summed E-state index contributed by atoms with van der Waals surface area (Å²) in [6.07, 6.45) is 6.21. The molecule has 0 aliphatic heterocycles. The molecule has 0 aromatic heterocycles. The highest BCUT2D eigenvalue weighted by atomic mass is 16.5. The maximum atomic E-state index is 11.8. The fraction of sp³-hybridized carbons (Fsp3) is 0.538. The zero-order chi connectivity index (χ0) is 12.2. The van der Waals surface area contributed by atoms with Crippen molar-refractivity contribution in [3.63, 3.8) is 0 Å². The van der Waals surface area contributed by atoms with Crippen LogP contribution in [0, 0.1) is 17.3 Å². The van der Waals surface area contributed by atoms with Gasteiger partial charge in [0, 0.05) is 11.8 Å². The summed E-state index contributed by atoms with van der Waals surface area (Å²) >= 11 is 0. The highest BCUT2D eigenvalue weighted by molar-refractivity contribution is 6.04. The van der Waals surface area contributed by atoms with Crippen molar-refractivity contribution >= 4 is 11.9 Å². The van der Waals surface area contributed by atoms with Gasteiger partial charge in [-0.2, -0.15) is 0 Å². The molecular formula is C13H14O4. The predicted octanol–water partition coefficient (Wildman–Crippen LogP) is 1.22. The third-order valence-electron chi connectivity index (χ3n) is 4.28. The highest BCUT2D eigenvalue weighted by Crippen LogP contribution is 2.70. The standard InChI is InChI=1S/C13H14O4/c1-16-11(14)9-7-3-4-8(13(7)5-6-13)10(9)12(15)17-2/h3-4,7-8H,5-6H2,1-2H3. The molecule has 0 heterocycles. The summed E-state index contributed by atoms with van der Waals surface area (Å²) in [4.78, 5) is 23.7. The van der Waals surface area contributed by atoms with Gasteiger partial charge in [-0.05, 0) is 18.3 Å². The normalized spacial score (nSPS) is 30.9. The Labute approximate surface area is 99.3 Å². The Kier molecular flexibility index (Phi) is 2.00. The highest BCUT2D eigenvalue weighted by Gasteiger charge is 2.65. The van der Waals surface area contributed by atoms with E-state index in [1.807, 2.05) is 12.2 Å². The second-order valence-electron chi connectivity index (χ2n) is 4.88. The number of esters is 2. The van der Waals surface area contributed by atoms with Crippen LogP contribution in [0.3, 0.4) is 0 Å². The molecule has 3 aliphatic carbocycles. The van der Waals surface area contributed by atoms with Gasteiger partial charge in [0.1, 0.15) is 0 Å². The van der Waals surface area contributed by atoms with E-state index in [-0.39, 0.29) is 17.3 Å². The Morgan fingerprint density at radius 3 is 1.76 bits per heavy atom. The molecule has 0 saturated heterocycles. The van der Waals surface area contributed by atoms with Gasteiger partial charge < -0.3 is 9.47 Å². The molecule has 2 atom stereocenters. The first-order valence-corrected chi connectivity index (χ1v) is 5.74. The largest absolute Gasteiger partial charge is 0.466 e. The molecule has 3 aliphatic rings. The molecule has 4 nitrogen and oxygen atoms in total. The lowest BCUT2D eigenvalue weighted by molar-refractivity contribution is -0.139. The van der Waals surface area contributed by atoms with Gasteiger partial charge in [-0.1, -0.05) is 12.2 Å². The van der Waals surface area contributed by atoms with Gasteiger partial charge in [0.15, 0.2) is 0 Å². The number of methoxy groups -OCH3 is 2. The van der Waals surface area contributed by atoms with E-state index in [0.717, 1.165) is 12.8 Å². The van der Waals surface area contributed by atoms with E-state index in [9.17, 15) is 9.59 Å². The zero-order valence-corrected chi connectivity index (χ0v) is 9.86. The molecule has 0 aromatic carbocycles. The Bertz CT molecular complexity index is 430. The van der Waals surface area contributed by atoms with Crippen LogP contribution in [0.2, 0.25) is 0 Å². The first-order chi connectivity index (χ1) is 8.15. The predicted molar refractivity (Wildman–Crippen MR) is 58.8 cm³/mol. The molecule has 1 fully saturated rings. The van der Waals surface area contributed by atoms with E-state index in [0.29, 0.717) is 11.1 Å². The molecule has 17 heavy (non-hydrogen) atoms. The molecule has 1 spiro atoms. The van der Waals surface area contributed by atoms with Crippen LogP contribution in [-0.2, 0) is 19.1 Å². The van der Waals surface area contributed by atoms with Crippen LogP contribution < -0.4 is 0 Å². The second-order valence-corrected chi connectivity index (χ2v) is 4.88. The van der Waals surface area contributed by atoms with Crippen molar-refractivity contribution in [1.29, 1.82) is 0 Å². The lowest BCUT2D eigenvalue weighted by Gasteiger charge is -2.14. The van der Waals surface area contributed by atoms with Gasteiger partial charge in [-0.15, -0.1) is 0 Å². The lowest BCUT2D eigenvalue weighted by atomic mass is 9.88. The van der Waals surface area contributed by atoms with Gasteiger partial charge in [-0.3, -0.25) is 0 Å². The molecular weight excluding hydrogens is 220 g/mol. The molecule has 2 bridgehead atoms. The molecule has 0 radical (unpaired) electrons. The molecule has 4 heteroatoms. The van der Waals surface area contributed by atoms with Crippen molar-refractivity contribution in [1.82, 2.24) is 0 Å². The summed E-state index contributed by atoms with van der Waals surface area (Å²) in [6.45, 7) is 0. The van der Waals surface area contributed by atoms with E-state index in [1.165, 1.54) is 14.2 Å². The topological polar surface area (TPSA) is 52.6 Å². The van der Waals surface area contributed by atoms with Crippen LogP contribution in [0.4, 0.5) is 0 Å². The maximum absolute atomic E-state index is 11.8. The van der Waals surface area contributed by atoms with Crippen molar-refractivity contribution in [3.8, 4) is 0 Å². The van der Waals surface area contributed by atoms with Gasteiger partial charge in [0.25, 0.3) is 0 Å². The summed E-state index contributed by atoms with van der Waals surface area (Å²) in [7, 11) is 2.69. The van der Waals surface area contributed by atoms with Crippen molar-refractivity contribution in [3.05, 3.63) is 23.3 Å². The van der Waals surface area contributed by atoms with Gasteiger partial charge in [-0.25, -0.2) is 9.59 Å². The monoisotopic (exact) mass is 234 g/mol. The van der Waals surface area contributed by atoms with E-state index in [2.05, 4.69) is 0 Å². The number of hydrogen-bond acceptors (Lipinski definition) is 4. The average molecular weight is 234 g/mol. The minimum atomic E-state index is -0.395. The average Bonchev–Trinajstić information content (AvgIpc) is 3.02. The summed E-state index contributed by atoms with van der Waals surface area (Å²) in [5.41, 5.74) is 1.13. The maximum Gasteiger partial charge on any atom is 0.334 e. The Morgan fingerprint density at radius 1 is 1.06 bits per heavy atom. The van der Waals surface area contributed by atoms with Crippen LogP contribution >= 0.6 is 0 Å². The Hall–Kier alpha value is -1.58. The Morgan fingerprint density at radius 2 is 1.47 bits per heavy atom. The first kappa shape index (κ1) is 10.6. The minimum Gasteiger partial charge on any atom is -0.466 e. The van der Waals surface area contributed by atoms with Crippen molar-refractivity contribution in [2.24, 2.45) is 17.3 Å². The second kappa shape index (κ2) is 3.22. The van der Waals surface area contributed by atoms with E-state index in [1.54, 1.807) is 0 Å². The van der Waals surface area contributed by atoms with Gasteiger partial charge in [0.05, 0.1) is 25.4 Å². The summed E-state index contributed by atoms with van der Waals surface area (Å²) in [6, 6.07) is 0. The minimum absolute atomic E-state index is 0.0500. The third-order valence-corrected chi connectivity index (χ3v) is 4.28. The summed E-state index contributed by atoms with van der Waals surface area (Å²) in [5, 5.41) is 0. The van der Waals surface area contributed by atoms with Crippen molar-refractivity contribution in [2.75, 3.05) is 14.2 Å². The molecule has 0 N–H and O–H groups in total. The summed E-state index contributed by atoms with van der Waals surface area (Å²) < 4.78 is 9.59. The molecule has 90 valence electrons. The SMILES string of the molecule is COC(=O)C1=C(C(=O)OC)C2C=CC1C21CC1. The third kappa shape index (κ3) is 1.13. The number of carbonyl (C=O) groups excluding carboxylic acids is 2. The molecule has 0 aromatic rings. The smallest absolute Gasteiger partial charge is 0.334 e. The van der Waals surface area contributed by atoms with Crippen LogP contribution in [0.1, 0.15) is 12.8 Å². The quantitative estimate of drug-likeness (QED) is 0.532. The molecule has 3 rings (SSSR count). The summed E-state index contributed by atoms with van der Waals surface area (Å²) in [5.74, 6) is -0.690. The Balaban J connectivity index is 2.08. The number of carbonyl (C=O) groups is 2. The van der Waals surface area contributed by atoms with Crippen LogP contribution in [-0.4, -0.2) is 26.2 Å². The van der Waals surface area contributed by atoms with Gasteiger partial charge in [0.2, 0.25) is 0 Å². The lowest BCUT2D eigenvalue weighted by Crippen LogP contribution is -2.17. The number of ether oxygens (including phenoxy) is 2. The number of hydrogen-bond donors (Lipinski definition) is 0. The zero-order valence-electron chi connectivity index (χ0n) is 9.86.